The van der Waals surface area contributed by atoms with Crippen molar-refractivity contribution in [1.82, 2.24) is 4.98 Å². The van der Waals surface area contributed by atoms with Gasteiger partial charge in [-0.2, -0.15) is 0 Å². The topological polar surface area (TPSA) is 39.2 Å². The molecule has 3 nitrogen and oxygen atoms in total. The molecule has 31 heavy (non-hydrogen) atoms. The number of carbonyl (C=O) groups excluding carboxylic acids is 1. The van der Waals surface area contributed by atoms with Gasteiger partial charge in [0, 0.05) is 11.6 Å². The maximum atomic E-state index is 12.9. The number of pyridine rings is 1. The molecule has 0 aliphatic heterocycles. The molecule has 0 N–H and O–H groups in total. The summed E-state index contributed by atoms with van der Waals surface area (Å²) in [6, 6.07) is 26.9. The average Bonchev–Trinajstić information content (AvgIpc) is 2.83. The van der Waals surface area contributed by atoms with Gasteiger partial charge in [-0.15, -0.1) is 0 Å². The van der Waals surface area contributed by atoms with Crippen molar-refractivity contribution >= 4 is 38.3 Å². The number of rotatable bonds is 2. The maximum Gasteiger partial charge on any atom is 0.357 e. The molecule has 150 valence electrons. The van der Waals surface area contributed by atoms with Crippen molar-refractivity contribution in [3.05, 3.63) is 102 Å². The molecule has 3 heteroatoms. The van der Waals surface area contributed by atoms with Crippen LogP contribution < -0.4 is 0 Å². The number of hydrogen-bond donors (Lipinski definition) is 0. The molecular weight excluding hydrogens is 382 g/mol. The van der Waals surface area contributed by atoms with Gasteiger partial charge in [-0.25, -0.2) is 9.78 Å². The van der Waals surface area contributed by atoms with Crippen LogP contribution >= 0.6 is 0 Å². The maximum absolute atomic E-state index is 12.9. The van der Waals surface area contributed by atoms with Crippen LogP contribution in [0.15, 0.2) is 85.1 Å². The summed E-state index contributed by atoms with van der Waals surface area (Å²) in [7, 11) is 0. The number of ether oxygens (including phenoxy) is 1. The van der Waals surface area contributed by atoms with Crippen LogP contribution in [0.4, 0.5) is 0 Å². The molecule has 1 aliphatic carbocycles. The Balaban J connectivity index is 1.37. The van der Waals surface area contributed by atoms with E-state index in [-0.39, 0.29) is 12.1 Å². The lowest BCUT2D eigenvalue weighted by Gasteiger charge is -2.27. The molecule has 0 amide bonds. The molecular formula is C28H21NO2. The molecule has 1 aromatic heterocycles. The first kappa shape index (κ1) is 18.1. The van der Waals surface area contributed by atoms with Crippen molar-refractivity contribution in [2.75, 3.05) is 0 Å². The third-order valence-corrected chi connectivity index (χ3v) is 6.40. The Morgan fingerprint density at radius 2 is 1.58 bits per heavy atom. The highest BCUT2D eigenvalue weighted by atomic mass is 16.5. The molecule has 0 fully saturated rings. The first-order valence-electron chi connectivity index (χ1n) is 10.8. The highest BCUT2D eigenvalue weighted by Crippen LogP contribution is 2.39. The van der Waals surface area contributed by atoms with Crippen LogP contribution in [-0.2, 0) is 11.2 Å². The largest absolute Gasteiger partial charge is 0.453 e. The molecule has 0 spiro atoms. The van der Waals surface area contributed by atoms with Crippen LogP contribution in [0.2, 0.25) is 0 Å². The van der Waals surface area contributed by atoms with E-state index in [4.69, 9.17) is 4.74 Å². The third kappa shape index (κ3) is 3.05. The molecule has 0 saturated carbocycles. The van der Waals surface area contributed by atoms with E-state index in [2.05, 4.69) is 53.5 Å². The molecule has 1 heterocycles. The molecule has 1 aliphatic rings. The van der Waals surface area contributed by atoms with Gasteiger partial charge in [-0.3, -0.25) is 0 Å². The molecule has 0 bridgehead atoms. The molecule has 6 rings (SSSR count). The van der Waals surface area contributed by atoms with Crippen molar-refractivity contribution in [3.63, 3.8) is 0 Å². The van der Waals surface area contributed by atoms with Crippen molar-refractivity contribution in [1.29, 1.82) is 0 Å². The Morgan fingerprint density at radius 1 is 0.806 bits per heavy atom. The number of carbonyl (C=O) groups is 1. The summed E-state index contributed by atoms with van der Waals surface area (Å²) in [6.45, 7) is 0. The Labute approximate surface area is 180 Å². The summed E-state index contributed by atoms with van der Waals surface area (Å²) in [5.74, 6) is -0.359. The zero-order chi connectivity index (χ0) is 20.8. The minimum Gasteiger partial charge on any atom is -0.453 e. The van der Waals surface area contributed by atoms with Crippen molar-refractivity contribution < 1.29 is 9.53 Å². The number of aromatic nitrogens is 1. The number of benzene rings is 4. The molecule has 0 radical (unpaired) electrons. The second-order valence-corrected chi connectivity index (χ2v) is 8.22. The zero-order valence-electron chi connectivity index (χ0n) is 17.0. The van der Waals surface area contributed by atoms with E-state index < -0.39 is 0 Å². The second kappa shape index (κ2) is 7.21. The van der Waals surface area contributed by atoms with Gasteiger partial charge in [0.2, 0.25) is 0 Å². The number of fused-ring (bicyclic) bond motifs is 6. The van der Waals surface area contributed by atoms with Gasteiger partial charge >= 0.3 is 5.97 Å². The number of aryl methyl sites for hydroxylation is 1. The van der Waals surface area contributed by atoms with E-state index in [0.717, 1.165) is 35.6 Å². The molecule has 1 atom stereocenters. The Hall–Kier alpha value is -3.72. The lowest BCUT2D eigenvalue weighted by atomic mass is 9.85. The standard InChI is InChI=1S/C28H21NO2/c30-28(26-16-19-7-1-2-8-20(19)17-29-26)31-27-11-5-10-22-24-13-12-18-6-3-4-9-21(18)23(24)14-15-25(22)27/h1-4,6-9,12-17,27H,5,10-11H2. The molecule has 5 aromatic rings. The number of nitrogens with zero attached hydrogens (tertiary/aromatic N) is 1. The average molecular weight is 403 g/mol. The smallest absolute Gasteiger partial charge is 0.357 e. The Morgan fingerprint density at radius 3 is 2.48 bits per heavy atom. The highest BCUT2D eigenvalue weighted by Gasteiger charge is 2.26. The summed E-state index contributed by atoms with van der Waals surface area (Å²) in [5, 5.41) is 7.05. The SMILES string of the molecule is O=C(OC1CCCc2c1ccc1c2ccc2ccccc21)c1cc2ccccc2cn1. The van der Waals surface area contributed by atoms with Gasteiger partial charge in [0.05, 0.1) is 0 Å². The highest BCUT2D eigenvalue weighted by molar-refractivity contribution is 6.08. The number of hydrogen-bond acceptors (Lipinski definition) is 3. The fraction of sp³-hybridized carbons (Fsp3) is 0.143. The van der Waals surface area contributed by atoms with E-state index in [1.165, 1.54) is 27.1 Å². The summed E-state index contributed by atoms with van der Waals surface area (Å²) in [4.78, 5) is 17.3. The predicted molar refractivity (Wildman–Crippen MR) is 124 cm³/mol. The first-order chi connectivity index (χ1) is 15.3. The van der Waals surface area contributed by atoms with Gasteiger partial charge in [-0.1, -0.05) is 72.8 Å². The van der Waals surface area contributed by atoms with Gasteiger partial charge in [0.1, 0.15) is 11.8 Å². The van der Waals surface area contributed by atoms with Crippen LogP contribution in [0, 0.1) is 0 Å². The Bertz CT molecular complexity index is 1470. The quantitative estimate of drug-likeness (QED) is 0.241. The summed E-state index contributed by atoms with van der Waals surface area (Å²) < 4.78 is 5.99. The van der Waals surface area contributed by atoms with Gasteiger partial charge in [-0.05, 0) is 63.4 Å². The van der Waals surface area contributed by atoms with Crippen molar-refractivity contribution in [3.8, 4) is 0 Å². The minimum absolute atomic E-state index is 0.236. The fourth-order valence-corrected chi connectivity index (χ4v) is 4.88. The van der Waals surface area contributed by atoms with Crippen LogP contribution in [-0.4, -0.2) is 11.0 Å². The van der Waals surface area contributed by atoms with E-state index in [9.17, 15) is 4.79 Å². The summed E-state index contributed by atoms with van der Waals surface area (Å²) in [5.41, 5.74) is 2.79. The van der Waals surface area contributed by atoms with Crippen LogP contribution in [0.5, 0.6) is 0 Å². The monoisotopic (exact) mass is 403 g/mol. The zero-order valence-corrected chi connectivity index (χ0v) is 17.0. The first-order valence-corrected chi connectivity index (χ1v) is 10.8. The van der Waals surface area contributed by atoms with Crippen LogP contribution in [0.25, 0.3) is 32.3 Å². The lowest BCUT2D eigenvalue weighted by Crippen LogP contribution is -2.18. The van der Waals surface area contributed by atoms with Crippen LogP contribution in [0.1, 0.15) is 40.6 Å². The molecule has 1 unspecified atom stereocenters. The van der Waals surface area contributed by atoms with Crippen molar-refractivity contribution in [2.45, 2.75) is 25.4 Å². The Kier molecular flexibility index (Phi) is 4.20. The van der Waals surface area contributed by atoms with Crippen LogP contribution in [0.3, 0.4) is 0 Å². The summed E-state index contributed by atoms with van der Waals surface area (Å²) >= 11 is 0. The second-order valence-electron chi connectivity index (χ2n) is 8.22. The van der Waals surface area contributed by atoms with Gasteiger partial charge in [0.15, 0.2) is 0 Å². The third-order valence-electron chi connectivity index (χ3n) is 6.40. The normalized spacial score (nSPS) is 15.8. The van der Waals surface area contributed by atoms with Crippen molar-refractivity contribution in [2.24, 2.45) is 0 Å². The van der Waals surface area contributed by atoms with E-state index in [1.54, 1.807) is 6.20 Å². The summed E-state index contributed by atoms with van der Waals surface area (Å²) in [6.07, 6.45) is 4.35. The lowest BCUT2D eigenvalue weighted by molar-refractivity contribution is 0.0250. The van der Waals surface area contributed by atoms with E-state index in [1.807, 2.05) is 30.3 Å². The molecule has 0 saturated heterocycles. The van der Waals surface area contributed by atoms with Gasteiger partial charge < -0.3 is 4.74 Å². The predicted octanol–water partition coefficient (Wildman–Crippen LogP) is 6.78. The van der Waals surface area contributed by atoms with E-state index >= 15 is 0 Å². The van der Waals surface area contributed by atoms with E-state index in [0.29, 0.717) is 5.69 Å². The van der Waals surface area contributed by atoms with Gasteiger partial charge in [0.25, 0.3) is 0 Å². The number of esters is 1. The minimum atomic E-state index is -0.359. The fourth-order valence-electron chi connectivity index (χ4n) is 4.88. The molecule has 4 aromatic carbocycles.